The van der Waals surface area contributed by atoms with E-state index in [1.807, 2.05) is 0 Å². The molecule has 1 aromatic rings. The molecule has 1 saturated carbocycles. The molecule has 1 aromatic carbocycles. The molecule has 1 aliphatic carbocycles. The van der Waals surface area contributed by atoms with Gasteiger partial charge in [0.25, 0.3) is 0 Å². The first-order valence-electron chi connectivity index (χ1n) is 6.55. The van der Waals surface area contributed by atoms with Crippen molar-refractivity contribution in [2.24, 2.45) is 17.8 Å². The van der Waals surface area contributed by atoms with Gasteiger partial charge in [-0.1, -0.05) is 30.3 Å². The minimum absolute atomic E-state index is 0.0966. The van der Waals surface area contributed by atoms with E-state index in [1.165, 1.54) is 0 Å². The van der Waals surface area contributed by atoms with Crippen molar-refractivity contribution in [3.8, 4) is 0 Å². The van der Waals surface area contributed by atoms with Gasteiger partial charge in [0.2, 0.25) is 0 Å². The minimum atomic E-state index is -1.14. The predicted octanol–water partition coefficient (Wildman–Crippen LogP) is 2.07. The van der Waals surface area contributed by atoms with E-state index in [2.05, 4.69) is 0 Å². The minimum Gasteiger partial charge on any atom is -0.481 e. The molecule has 2 N–H and O–H groups in total. The highest BCUT2D eigenvalue weighted by Crippen LogP contribution is 2.36. The second-order valence-electron chi connectivity index (χ2n) is 5.13. The summed E-state index contributed by atoms with van der Waals surface area (Å²) in [6, 6.07) is 8.70. The van der Waals surface area contributed by atoms with E-state index in [9.17, 15) is 14.4 Å². The number of aliphatic carboxylic acids is 2. The van der Waals surface area contributed by atoms with Crippen molar-refractivity contribution in [2.75, 3.05) is 0 Å². The van der Waals surface area contributed by atoms with E-state index in [-0.39, 0.29) is 18.6 Å². The summed E-state index contributed by atoms with van der Waals surface area (Å²) in [4.78, 5) is 34.6. The van der Waals surface area contributed by atoms with Crippen LogP contribution in [-0.4, -0.2) is 27.9 Å². The zero-order chi connectivity index (χ0) is 14.7. The van der Waals surface area contributed by atoms with Gasteiger partial charge in [0.05, 0.1) is 11.8 Å². The molecule has 1 aliphatic rings. The molecule has 20 heavy (non-hydrogen) atoms. The van der Waals surface area contributed by atoms with Crippen LogP contribution in [-0.2, 0) is 9.59 Å². The van der Waals surface area contributed by atoms with Gasteiger partial charge in [0, 0.05) is 11.5 Å². The highest BCUT2D eigenvalue weighted by Gasteiger charge is 2.41. The standard InChI is InChI=1S/C15H16O5/c16-13(9-4-2-1-3-5-9)10-6-7-11(14(17)18)12(8-10)15(19)20/h1-5,10-12H,6-8H2,(H,17,18)(H,19,20). The number of carboxylic acids is 2. The molecule has 0 amide bonds. The topological polar surface area (TPSA) is 91.7 Å². The smallest absolute Gasteiger partial charge is 0.307 e. The Hall–Kier alpha value is -2.17. The Kier molecular flexibility index (Phi) is 4.17. The molecule has 3 atom stereocenters. The lowest BCUT2D eigenvalue weighted by atomic mass is 9.72. The van der Waals surface area contributed by atoms with Crippen LogP contribution in [0.1, 0.15) is 29.6 Å². The Balaban J connectivity index is 2.15. The molecule has 0 saturated heterocycles. The van der Waals surface area contributed by atoms with Crippen LogP contribution in [0.4, 0.5) is 0 Å². The van der Waals surface area contributed by atoms with Crippen molar-refractivity contribution in [1.29, 1.82) is 0 Å². The molecule has 0 heterocycles. The Morgan fingerprint density at radius 3 is 2.05 bits per heavy atom. The van der Waals surface area contributed by atoms with Gasteiger partial charge < -0.3 is 10.2 Å². The zero-order valence-corrected chi connectivity index (χ0v) is 10.9. The van der Waals surface area contributed by atoms with E-state index < -0.39 is 29.7 Å². The molecule has 0 aliphatic heterocycles. The van der Waals surface area contributed by atoms with Gasteiger partial charge in [0.1, 0.15) is 0 Å². The van der Waals surface area contributed by atoms with Crippen LogP contribution in [0.25, 0.3) is 0 Å². The molecule has 5 heteroatoms. The van der Waals surface area contributed by atoms with Crippen LogP contribution in [0.15, 0.2) is 30.3 Å². The van der Waals surface area contributed by atoms with E-state index in [1.54, 1.807) is 30.3 Å². The molecule has 5 nitrogen and oxygen atoms in total. The number of hydrogen-bond acceptors (Lipinski definition) is 3. The van der Waals surface area contributed by atoms with Crippen molar-refractivity contribution in [2.45, 2.75) is 19.3 Å². The fourth-order valence-electron chi connectivity index (χ4n) is 2.82. The largest absolute Gasteiger partial charge is 0.481 e. The molecular formula is C15H16O5. The lowest BCUT2D eigenvalue weighted by molar-refractivity contribution is -0.156. The summed E-state index contributed by atoms with van der Waals surface area (Å²) in [5, 5.41) is 18.2. The zero-order valence-electron chi connectivity index (χ0n) is 10.9. The molecule has 0 aromatic heterocycles. The highest BCUT2D eigenvalue weighted by molar-refractivity contribution is 5.98. The van der Waals surface area contributed by atoms with Gasteiger partial charge >= 0.3 is 11.9 Å². The van der Waals surface area contributed by atoms with Gasteiger partial charge in [0.15, 0.2) is 5.78 Å². The SMILES string of the molecule is O=C(c1ccccc1)C1CCC(C(=O)O)C(C(=O)O)C1. The first-order valence-corrected chi connectivity index (χ1v) is 6.55. The Labute approximate surface area is 116 Å². The Bertz CT molecular complexity index is 522. The van der Waals surface area contributed by atoms with Crippen molar-refractivity contribution < 1.29 is 24.6 Å². The third-order valence-corrected chi connectivity index (χ3v) is 3.91. The van der Waals surface area contributed by atoms with Crippen molar-refractivity contribution >= 4 is 17.7 Å². The van der Waals surface area contributed by atoms with Crippen LogP contribution in [0.2, 0.25) is 0 Å². The monoisotopic (exact) mass is 276 g/mol. The quantitative estimate of drug-likeness (QED) is 0.821. The number of ketones is 1. The summed E-state index contributed by atoms with van der Waals surface area (Å²) in [6.45, 7) is 0. The number of carbonyl (C=O) groups excluding carboxylic acids is 1. The third kappa shape index (κ3) is 2.87. The van der Waals surface area contributed by atoms with Crippen LogP contribution in [0.5, 0.6) is 0 Å². The van der Waals surface area contributed by atoms with Crippen LogP contribution in [0, 0.1) is 17.8 Å². The number of carbonyl (C=O) groups is 3. The second-order valence-corrected chi connectivity index (χ2v) is 5.13. The fourth-order valence-corrected chi connectivity index (χ4v) is 2.82. The van der Waals surface area contributed by atoms with Gasteiger partial charge in [-0.25, -0.2) is 0 Å². The van der Waals surface area contributed by atoms with Crippen LogP contribution in [0.3, 0.4) is 0 Å². The summed E-state index contributed by atoms with van der Waals surface area (Å²) >= 11 is 0. The average Bonchev–Trinajstić information content (AvgIpc) is 2.46. The van der Waals surface area contributed by atoms with Crippen molar-refractivity contribution in [3.05, 3.63) is 35.9 Å². The first kappa shape index (κ1) is 14.2. The van der Waals surface area contributed by atoms with E-state index in [0.717, 1.165) is 0 Å². The molecule has 0 bridgehead atoms. The van der Waals surface area contributed by atoms with Crippen LogP contribution >= 0.6 is 0 Å². The maximum absolute atomic E-state index is 12.3. The summed E-state index contributed by atoms with van der Waals surface area (Å²) in [7, 11) is 0. The molecule has 0 radical (unpaired) electrons. The van der Waals surface area contributed by atoms with Gasteiger partial charge in [-0.3, -0.25) is 14.4 Å². The van der Waals surface area contributed by atoms with Crippen molar-refractivity contribution in [3.63, 3.8) is 0 Å². The lowest BCUT2D eigenvalue weighted by Crippen LogP contribution is -2.37. The normalized spacial score (nSPS) is 25.9. The maximum atomic E-state index is 12.3. The summed E-state index contributed by atoms with van der Waals surface area (Å²) in [5.74, 6) is -4.62. The maximum Gasteiger partial charge on any atom is 0.307 e. The number of benzene rings is 1. The first-order chi connectivity index (χ1) is 9.50. The van der Waals surface area contributed by atoms with Crippen molar-refractivity contribution in [1.82, 2.24) is 0 Å². The predicted molar refractivity (Wildman–Crippen MR) is 70.4 cm³/mol. The van der Waals surface area contributed by atoms with Gasteiger partial charge in [-0.2, -0.15) is 0 Å². The van der Waals surface area contributed by atoms with E-state index >= 15 is 0 Å². The Morgan fingerprint density at radius 2 is 1.50 bits per heavy atom. The highest BCUT2D eigenvalue weighted by atomic mass is 16.4. The molecule has 2 rings (SSSR count). The fraction of sp³-hybridized carbons (Fsp3) is 0.400. The lowest BCUT2D eigenvalue weighted by Gasteiger charge is -2.30. The van der Waals surface area contributed by atoms with Crippen LogP contribution < -0.4 is 0 Å². The Morgan fingerprint density at radius 1 is 0.900 bits per heavy atom. The van der Waals surface area contributed by atoms with Gasteiger partial charge in [-0.15, -0.1) is 0 Å². The molecular weight excluding hydrogens is 260 g/mol. The molecule has 1 fully saturated rings. The second kappa shape index (κ2) is 5.86. The molecule has 106 valence electrons. The number of hydrogen-bond donors (Lipinski definition) is 2. The van der Waals surface area contributed by atoms with E-state index in [4.69, 9.17) is 10.2 Å². The molecule has 0 spiro atoms. The van der Waals surface area contributed by atoms with Gasteiger partial charge in [-0.05, 0) is 19.3 Å². The van der Waals surface area contributed by atoms with E-state index in [0.29, 0.717) is 12.0 Å². The summed E-state index contributed by atoms with van der Waals surface area (Å²) in [5.41, 5.74) is 0.551. The number of Topliss-reactive ketones (excluding diaryl/α,β-unsaturated/α-hetero) is 1. The average molecular weight is 276 g/mol. The summed E-state index contributed by atoms with van der Waals surface area (Å²) in [6.07, 6.45) is 0.754. The molecule has 3 unspecified atom stereocenters. The number of rotatable bonds is 4. The third-order valence-electron chi connectivity index (χ3n) is 3.91. The summed E-state index contributed by atoms with van der Waals surface area (Å²) < 4.78 is 0. The number of carboxylic acid groups (broad SMARTS) is 2.